The maximum absolute atomic E-state index is 9.13. The summed E-state index contributed by atoms with van der Waals surface area (Å²) in [4.78, 5) is 0. The van der Waals surface area contributed by atoms with Gasteiger partial charge in [-0.15, -0.1) is 0 Å². The van der Waals surface area contributed by atoms with Gasteiger partial charge < -0.3 is 15.2 Å². The molecule has 0 atom stereocenters. The fraction of sp³-hybridized carbons (Fsp3) is 0.400. The molecule has 0 spiro atoms. The Bertz CT molecular complexity index is 393. The summed E-state index contributed by atoms with van der Waals surface area (Å²) < 4.78 is 9.61. The van der Waals surface area contributed by atoms with E-state index in [1.165, 1.54) is 0 Å². The second-order valence-corrected chi connectivity index (χ2v) is 3.99. The van der Waals surface area contributed by atoms with Crippen molar-refractivity contribution in [3.63, 3.8) is 0 Å². The minimum absolute atomic E-state index is 0.135. The van der Waals surface area contributed by atoms with Crippen molar-refractivity contribution < 1.29 is 19.7 Å². The van der Waals surface area contributed by atoms with E-state index >= 15 is 0 Å². The Morgan fingerprint density at radius 2 is 1.60 bits per heavy atom. The number of nitrogens with two attached hydrogens (primary N) is 1. The molecule has 1 aromatic carbocycles. The van der Waals surface area contributed by atoms with Crippen LogP contribution in [0.4, 0.5) is 0 Å². The summed E-state index contributed by atoms with van der Waals surface area (Å²) in [5.74, 6) is 0.709. The second-order valence-electron chi connectivity index (χ2n) is 3.99. The van der Waals surface area contributed by atoms with Crippen LogP contribution in [0.3, 0.4) is 0 Å². The van der Waals surface area contributed by atoms with E-state index < -0.39 is 6.16 Å². The van der Waals surface area contributed by atoms with Crippen molar-refractivity contribution in [3.05, 3.63) is 23.3 Å². The Hall–Kier alpha value is -1.30. The van der Waals surface area contributed by atoms with Gasteiger partial charge in [0.05, 0.1) is 0 Å². The van der Waals surface area contributed by atoms with E-state index in [0.29, 0.717) is 11.5 Å². The molecule has 15 heavy (non-hydrogen) atoms. The number of hydrogen-bond donors (Lipinski definition) is 3. The van der Waals surface area contributed by atoms with E-state index in [0.717, 1.165) is 24.0 Å². The van der Waals surface area contributed by atoms with E-state index in [1.54, 1.807) is 12.1 Å². The monoisotopic (exact) mass is 209 g/mol. The molecule has 0 saturated heterocycles. The Balaban J connectivity index is 2.03. The van der Waals surface area contributed by atoms with Gasteiger partial charge in [0.1, 0.15) is 0 Å². The normalized spacial score (nSPS) is 21.8. The Morgan fingerprint density at radius 1 is 1.13 bits per heavy atom. The van der Waals surface area contributed by atoms with Crippen molar-refractivity contribution >= 4 is 0 Å². The topological polar surface area (TPSA) is 84.9 Å². The zero-order valence-electron chi connectivity index (χ0n) is 7.93. The predicted octanol–water partition coefficient (Wildman–Crippen LogP) is -0.520. The van der Waals surface area contributed by atoms with Gasteiger partial charge in [-0.1, -0.05) is 0 Å². The van der Waals surface area contributed by atoms with Crippen LogP contribution in [0.1, 0.15) is 11.1 Å². The molecule has 1 aromatic rings. The van der Waals surface area contributed by atoms with Crippen molar-refractivity contribution in [2.45, 2.75) is 25.0 Å². The second kappa shape index (κ2) is 2.63. The molecule has 1 aliphatic carbocycles. The molecule has 0 radical (unpaired) electrons. The van der Waals surface area contributed by atoms with Crippen LogP contribution in [0, 0.1) is 0 Å². The van der Waals surface area contributed by atoms with Gasteiger partial charge in [0.15, 0.2) is 11.5 Å². The van der Waals surface area contributed by atoms with Crippen LogP contribution >= 0.6 is 0 Å². The SMILES string of the molecule is NC1Cc2cc3c(cc2C1)OC(O)(O)O3. The first-order valence-corrected chi connectivity index (χ1v) is 4.78. The van der Waals surface area contributed by atoms with E-state index in [4.69, 9.17) is 25.4 Å². The molecule has 5 nitrogen and oxygen atoms in total. The molecule has 5 heteroatoms. The molecule has 4 N–H and O–H groups in total. The first kappa shape index (κ1) is 8.96. The fourth-order valence-corrected chi connectivity index (χ4v) is 2.13. The smallest absolute Gasteiger partial charge is 0.403 e. The summed E-state index contributed by atoms with van der Waals surface area (Å²) in [6.07, 6.45) is -0.953. The molecule has 80 valence electrons. The largest absolute Gasteiger partial charge is 0.505 e. The average molecular weight is 209 g/mol. The van der Waals surface area contributed by atoms with E-state index in [9.17, 15) is 0 Å². The molecule has 0 aromatic heterocycles. The van der Waals surface area contributed by atoms with Gasteiger partial charge in [-0.3, -0.25) is 10.2 Å². The van der Waals surface area contributed by atoms with E-state index in [-0.39, 0.29) is 6.04 Å². The van der Waals surface area contributed by atoms with Crippen molar-refractivity contribution in [2.24, 2.45) is 5.73 Å². The third-order valence-corrected chi connectivity index (χ3v) is 2.72. The van der Waals surface area contributed by atoms with Crippen LogP contribution in [-0.4, -0.2) is 22.4 Å². The zero-order valence-corrected chi connectivity index (χ0v) is 7.93. The molecule has 1 heterocycles. The lowest BCUT2D eigenvalue weighted by Crippen LogP contribution is -2.37. The van der Waals surface area contributed by atoms with Crippen molar-refractivity contribution in [1.82, 2.24) is 0 Å². The summed E-state index contributed by atoms with van der Waals surface area (Å²) >= 11 is 0. The number of aliphatic hydroxyl groups is 2. The number of fused-ring (bicyclic) bond motifs is 2. The highest BCUT2D eigenvalue weighted by atomic mass is 17.0. The Labute approximate surface area is 86.0 Å². The lowest BCUT2D eigenvalue weighted by molar-refractivity contribution is -0.385. The van der Waals surface area contributed by atoms with E-state index in [1.807, 2.05) is 0 Å². The van der Waals surface area contributed by atoms with Crippen LogP contribution in [0.25, 0.3) is 0 Å². The van der Waals surface area contributed by atoms with Crippen molar-refractivity contribution in [3.8, 4) is 11.5 Å². The molecular formula is C10H11NO4. The lowest BCUT2D eigenvalue weighted by atomic mass is 10.1. The summed E-state index contributed by atoms with van der Waals surface area (Å²) in [5.41, 5.74) is 7.99. The van der Waals surface area contributed by atoms with Crippen LogP contribution in [0.5, 0.6) is 11.5 Å². The predicted molar refractivity (Wildman–Crippen MR) is 50.3 cm³/mol. The first-order valence-electron chi connectivity index (χ1n) is 4.78. The number of hydrogen-bond acceptors (Lipinski definition) is 5. The highest BCUT2D eigenvalue weighted by Crippen LogP contribution is 2.41. The standard InChI is InChI=1S/C10H11NO4/c11-7-1-5-3-8-9(4-6(5)2-7)15-10(12,13)14-8/h3-4,7,12-13H,1-2,11H2. The average Bonchev–Trinajstić information content (AvgIpc) is 2.55. The fourth-order valence-electron chi connectivity index (χ4n) is 2.13. The minimum atomic E-state index is -2.53. The molecule has 0 amide bonds. The maximum atomic E-state index is 9.13. The number of rotatable bonds is 0. The van der Waals surface area contributed by atoms with E-state index in [2.05, 4.69) is 0 Å². The third kappa shape index (κ3) is 1.36. The van der Waals surface area contributed by atoms with Crippen LogP contribution < -0.4 is 15.2 Å². The molecule has 2 aliphatic rings. The van der Waals surface area contributed by atoms with Gasteiger partial charge in [0, 0.05) is 6.04 Å². The van der Waals surface area contributed by atoms with Crippen molar-refractivity contribution in [1.29, 1.82) is 0 Å². The summed E-state index contributed by atoms with van der Waals surface area (Å²) in [7, 11) is 0. The first-order chi connectivity index (χ1) is 7.03. The molecule has 1 aliphatic heterocycles. The lowest BCUT2D eigenvalue weighted by Gasteiger charge is -2.10. The van der Waals surface area contributed by atoms with Gasteiger partial charge in [-0.2, -0.15) is 0 Å². The minimum Gasteiger partial charge on any atom is -0.403 e. The molecule has 0 saturated carbocycles. The summed E-state index contributed by atoms with van der Waals surface area (Å²) in [6.45, 7) is 0. The molecular weight excluding hydrogens is 198 g/mol. The number of benzene rings is 1. The summed E-state index contributed by atoms with van der Waals surface area (Å²) in [6, 6.07) is 3.65. The summed E-state index contributed by atoms with van der Waals surface area (Å²) in [5, 5.41) is 18.3. The van der Waals surface area contributed by atoms with Gasteiger partial charge in [0.2, 0.25) is 0 Å². The van der Waals surface area contributed by atoms with Crippen LogP contribution in [0.15, 0.2) is 12.1 Å². The molecule has 0 unspecified atom stereocenters. The maximum Gasteiger partial charge on any atom is 0.505 e. The van der Waals surface area contributed by atoms with Crippen LogP contribution in [-0.2, 0) is 12.8 Å². The van der Waals surface area contributed by atoms with Crippen molar-refractivity contribution in [2.75, 3.05) is 0 Å². The third-order valence-electron chi connectivity index (χ3n) is 2.72. The number of ether oxygens (including phenoxy) is 2. The molecule has 3 rings (SSSR count). The zero-order chi connectivity index (χ0) is 10.6. The van der Waals surface area contributed by atoms with Gasteiger partial charge in [-0.05, 0) is 36.1 Å². The van der Waals surface area contributed by atoms with Gasteiger partial charge in [-0.25, -0.2) is 0 Å². The quantitative estimate of drug-likeness (QED) is 0.501. The Kier molecular flexibility index (Phi) is 1.57. The van der Waals surface area contributed by atoms with Gasteiger partial charge in [0.25, 0.3) is 0 Å². The van der Waals surface area contributed by atoms with Crippen LogP contribution in [0.2, 0.25) is 0 Å². The molecule has 0 fully saturated rings. The highest BCUT2D eigenvalue weighted by Gasteiger charge is 2.39. The van der Waals surface area contributed by atoms with Gasteiger partial charge >= 0.3 is 6.16 Å². The molecule has 0 bridgehead atoms. The highest BCUT2D eigenvalue weighted by molar-refractivity contribution is 5.51. The Morgan fingerprint density at radius 3 is 2.07 bits per heavy atom.